The largest absolute Gasteiger partial charge is 0.478 e. The Kier molecular flexibility index (Phi) is 5.55. The molecule has 1 aromatic carbocycles. The summed E-state index contributed by atoms with van der Waals surface area (Å²) in [6.45, 7) is 2.15. The van der Waals surface area contributed by atoms with Crippen molar-refractivity contribution in [2.24, 2.45) is 0 Å². The summed E-state index contributed by atoms with van der Waals surface area (Å²) in [5.41, 5.74) is 1.31. The molecule has 0 amide bonds. The molecule has 2 N–H and O–H groups in total. The predicted octanol–water partition coefficient (Wildman–Crippen LogP) is 1.11. The first-order valence-electron chi connectivity index (χ1n) is 7.38. The van der Waals surface area contributed by atoms with E-state index in [4.69, 9.17) is 5.11 Å². The number of carboxylic acid groups (broad SMARTS) is 1. The van der Waals surface area contributed by atoms with Crippen LogP contribution in [-0.4, -0.2) is 56.8 Å². The van der Waals surface area contributed by atoms with E-state index in [1.165, 1.54) is 7.05 Å². The van der Waals surface area contributed by atoms with Crippen LogP contribution >= 0.6 is 0 Å². The Bertz CT molecular complexity index is 630. The second-order valence-electron chi connectivity index (χ2n) is 5.59. The second-order valence-corrected chi connectivity index (χ2v) is 7.64. The fraction of sp³-hybridized carbons (Fsp3) is 0.533. The summed E-state index contributed by atoms with van der Waals surface area (Å²) in [4.78, 5) is 13.2. The van der Waals surface area contributed by atoms with Gasteiger partial charge in [0, 0.05) is 13.1 Å². The normalized spacial score (nSPS) is 20.0. The first-order valence-corrected chi connectivity index (χ1v) is 9.03. The quantitative estimate of drug-likeness (QED) is 0.818. The molecule has 2 rings (SSSR count). The van der Waals surface area contributed by atoms with E-state index in [0.29, 0.717) is 12.1 Å². The maximum atomic E-state index is 11.5. The number of benzene rings is 1. The molecule has 1 saturated heterocycles. The fourth-order valence-electron chi connectivity index (χ4n) is 2.81. The minimum Gasteiger partial charge on any atom is -0.478 e. The summed E-state index contributed by atoms with van der Waals surface area (Å²) < 4.78 is 25.3. The zero-order chi connectivity index (χ0) is 16.2. The number of piperidine rings is 1. The van der Waals surface area contributed by atoms with Crippen molar-refractivity contribution in [1.82, 2.24) is 9.62 Å². The number of carbonyl (C=O) groups is 1. The van der Waals surface area contributed by atoms with Gasteiger partial charge in [-0.2, -0.15) is 0 Å². The van der Waals surface area contributed by atoms with Gasteiger partial charge in [-0.05, 0) is 50.0 Å². The third-order valence-corrected chi connectivity index (χ3v) is 5.44. The lowest BCUT2D eigenvalue weighted by Crippen LogP contribution is -2.39. The van der Waals surface area contributed by atoms with Gasteiger partial charge in [0.05, 0.1) is 11.3 Å². The molecule has 1 fully saturated rings. The molecular weight excluding hydrogens is 304 g/mol. The molecule has 7 heteroatoms. The van der Waals surface area contributed by atoms with E-state index in [9.17, 15) is 13.2 Å². The van der Waals surface area contributed by atoms with Crippen LogP contribution < -0.4 is 4.72 Å². The van der Waals surface area contributed by atoms with Gasteiger partial charge in [0.25, 0.3) is 0 Å². The molecule has 6 nitrogen and oxygen atoms in total. The van der Waals surface area contributed by atoms with Crippen molar-refractivity contribution in [1.29, 1.82) is 0 Å². The van der Waals surface area contributed by atoms with E-state index in [0.717, 1.165) is 31.5 Å². The Labute approximate surface area is 131 Å². The molecule has 1 unspecified atom stereocenters. The van der Waals surface area contributed by atoms with Gasteiger partial charge in [-0.25, -0.2) is 17.9 Å². The standard InChI is InChI=1S/C15H22N2O4S/c1-16-22(20,21)9-8-17-7-3-6-14(11-17)12-4-2-5-13(10-12)15(18)19/h2,4-5,10,14,16H,3,6-9,11H2,1H3,(H,18,19). The zero-order valence-electron chi connectivity index (χ0n) is 12.7. The van der Waals surface area contributed by atoms with Crippen molar-refractivity contribution in [3.05, 3.63) is 35.4 Å². The predicted molar refractivity (Wildman–Crippen MR) is 84.7 cm³/mol. The summed E-state index contributed by atoms with van der Waals surface area (Å²) in [5, 5.41) is 9.08. The van der Waals surface area contributed by atoms with Gasteiger partial charge < -0.3 is 10.0 Å². The van der Waals surface area contributed by atoms with Crippen LogP contribution in [0.25, 0.3) is 0 Å². The Hall–Kier alpha value is -1.44. The summed E-state index contributed by atoms with van der Waals surface area (Å²) >= 11 is 0. The van der Waals surface area contributed by atoms with Gasteiger partial charge in [-0.3, -0.25) is 0 Å². The SMILES string of the molecule is CNS(=O)(=O)CCN1CCCC(c2cccc(C(=O)O)c2)C1. The van der Waals surface area contributed by atoms with Gasteiger partial charge in [0.1, 0.15) is 0 Å². The summed E-state index contributed by atoms with van der Waals surface area (Å²) in [7, 11) is -1.77. The van der Waals surface area contributed by atoms with E-state index < -0.39 is 16.0 Å². The lowest BCUT2D eigenvalue weighted by atomic mass is 9.90. The Morgan fingerprint density at radius 3 is 2.91 bits per heavy atom. The molecule has 1 aromatic rings. The van der Waals surface area contributed by atoms with Crippen LogP contribution in [0, 0.1) is 0 Å². The van der Waals surface area contributed by atoms with Crippen LogP contribution in [0.1, 0.15) is 34.7 Å². The van der Waals surface area contributed by atoms with Crippen molar-refractivity contribution in [2.75, 3.05) is 32.4 Å². The monoisotopic (exact) mass is 326 g/mol. The summed E-state index contributed by atoms with van der Waals surface area (Å²) in [6, 6.07) is 7.03. The third kappa shape index (κ3) is 4.53. The molecule has 1 heterocycles. The van der Waals surface area contributed by atoms with Crippen LogP contribution in [0.15, 0.2) is 24.3 Å². The maximum Gasteiger partial charge on any atom is 0.335 e. The fourth-order valence-corrected chi connectivity index (χ4v) is 3.51. The minimum absolute atomic E-state index is 0.0887. The number of sulfonamides is 1. The molecule has 0 saturated carbocycles. The first kappa shape index (κ1) is 16.9. The van der Waals surface area contributed by atoms with Crippen molar-refractivity contribution >= 4 is 16.0 Å². The van der Waals surface area contributed by atoms with Gasteiger partial charge >= 0.3 is 5.97 Å². The van der Waals surface area contributed by atoms with Crippen LogP contribution in [0.2, 0.25) is 0 Å². The lowest BCUT2D eigenvalue weighted by Gasteiger charge is -2.33. The molecule has 122 valence electrons. The molecule has 0 radical (unpaired) electrons. The average molecular weight is 326 g/mol. The average Bonchev–Trinajstić information content (AvgIpc) is 2.53. The Morgan fingerprint density at radius 1 is 1.45 bits per heavy atom. The molecule has 1 aliphatic rings. The van der Waals surface area contributed by atoms with Crippen molar-refractivity contribution in [3.63, 3.8) is 0 Å². The molecule has 0 bridgehead atoms. The van der Waals surface area contributed by atoms with E-state index in [1.807, 2.05) is 6.07 Å². The molecule has 1 atom stereocenters. The second kappa shape index (κ2) is 7.21. The van der Waals surface area contributed by atoms with E-state index in [2.05, 4.69) is 9.62 Å². The summed E-state index contributed by atoms with van der Waals surface area (Å²) in [6.07, 6.45) is 1.99. The van der Waals surface area contributed by atoms with E-state index >= 15 is 0 Å². The molecule has 22 heavy (non-hydrogen) atoms. The number of hydrogen-bond acceptors (Lipinski definition) is 4. The highest BCUT2D eigenvalue weighted by Crippen LogP contribution is 2.27. The number of aromatic carboxylic acids is 1. The topological polar surface area (TPSA) is 86.7 Å². The Balaban J connectivity index is 2.01. The number of nitrogens with one attached hydrogen (secondary N) is 1. The van der Waals surface area contributed by atoms with Gasteiger partial charge in [-0.1, -0.05) is 12.1 Å². The smallest absolute Gasteiger partial charge is 0.335 e. The number of carboxylic acids is 1. The van der Waals surface area contributed by atoms with Gasteiger partial charge in [0.15, 0.2) is 0 Å². The molecule has 0 spiro atoms. The minimum atomic E-state index is -3.19. The van der Waals surface area contributed by atoms with Crippen molar-refractivity contribution in [2.45, 2.75) is 18.8 Å². The number of rotatable bonds is 6. The molecule has 0 aliphatic carbocycles. The number of hydrogen-bond donors (Lipinski definition) is 2. The van der Waals surface area contributed by atoms with E-state index in [1.54, 1.807) is 18.2 Å². The molecule has 0 aromatic heterocycles. The maximum absolute atomic E-state index is 11.5. The first-order chi connectivity index (χ1) is 10.4. The highest BCUT2D eigenvalue weighted by atomic mass is 32.2. The molecular formula is C15H22N2O4S. The Morgan fingerprint density at radius 2 is 2.23 bits per heavy atom. The lowest BCUT2D eigenvalue weighted by molar-refractivity contribution is 0.0696. The summed E-state index contributed by atoms with van der Waals surface area (Å²) in [5.74, 6) is -0.578. The van der Waals surface area contributed by atoms with Crippen LogP contribution in [0.4, 0.5) is 0 Å². The van der Waals surface area contributed by atoms with Crippen LogP contribution in [0.5, 0.6) is 0 Å². The van der Waals surface area contributed by atoms with Gasteiger partial charge in [-0.15, -0.1) is 0 Å². The van der Waals surface area contributed by atoms with Gasteiger partial charge in [0.2, 0.25) is 10.0 Å². The van der Waals surface area contributed by atoms with Crippen LogP contribution in [-0.2, 0) is 10.0 Å². The van der Waals surface area contributed by atoms with E-state index in [-0.39, 0.29) is 11.7 Å². The van der Waals surface area contributed by atoms with Crippen LogP contribution in [0.3, 0.4) is 0 Å². The highest BCUT2D eigenvalue weighted by molar-refractivity contribution is 7.89. The highest BCUT2D eigenvalue weighted by Gasteiger charge is 2.23. The third-order valence-electron chi connectivity index (χ3n) is 4.10. The number of likely N-dealkylation sites (tertiary alicyclic amines) is 1. The molecule has 1 aliphatic heterocycles. The number of nitrogens with zero attached hydrogens (tertiary/aromatic N) is 1. The van der Waals surface area contributed by atoms with Crippen molar-refractivity contribution < 1.29 is 18.3 Å². The van der Waals surface area contributed by atoms with Crippen molar-refractivity contribution in [3.8, 4) is 0 Å². The zero-order valence-corrected chi connectivity index (χ0v) is 13.5.